The van der Waals surface area contributed by atoms with E-state index in [0.717, 1.165) is 82.0 Å². The molecule has 0 unspecified atom stereocenters. The second-order valence-corrected chi connectivity index (χ2v) is 12.2. The summed E-state index contributed by atoms with van der Waals surface area (Å²) in [6, 6.07) is 2.68. The first-order valence-electron chi connectivity index (χ1n) is 15.2. The fourth-order valence-electron chi connectivity index (χ4n) is 7.24. The van der Waals surface area contributed by atoms with E-state index in [2.05, 4.69) is 35.6 Å². The molecule has 2 bridgehead atoms. The lowest BCUT2D eigenvalue weighted by molar-refractivity contribution is -0.244. The Hall–Kier alpha value is -1.72. The van der Waals surface area contributed by atoms with Crippen LogP contribution in [0.15, 0.2) is 6.07 Å². The lowest BCUT2D eigenvalue weighted by Gasteiger charge is -2.35. The molecule has 0 aromatic carbocycles. The Morgan fingerprint density at radius 2 is 1.74 bits per heavy atom. The first-order chi connectivity index (χ1) is 18.7. The first-order valence-corrected chi connectivity index (χ1v) is 15.2. The van der Waals surface area contributed by atoms with Crippen molar-refractivity contribution in [1.82, 2.24) is 25.5 Å². The summed E-state index contributed by atoms with van der Waals surface area (Å²) < 4.78 is 0. The average molecular weight is 531 g/mol. The van der Waals surface area contributed by atoms with Gasteiger partial charge in [-0.1, -0.05) is 6.42 Å². The number of nitrogens with one attached hydrogen (secondary N) is 3. The Balaban J connectivity index is 0.939. The second kappa shape index (κ2) is 14.1. The molecule has 38 heavy (non-hydrogen) atoms. The number of hydrogen-bond acceptors (Lipinski definition) is 10. The summed E-state index contributed by atoms with van der Waals surface area (Å²) in [6.07, 6.45) is 12.2. The van der Waals surface area contributed by atoms with Crippen LogP contribution in [0.5, 0.6) is 0 Å². The molecule has 3 aliphatic carbocycles. The molecular formula is C28H50N8O2. The van der Waals surface area contributed by atoms with Crippen molar-refractivity contribution < 1.29 is 10.1 Å². The molecule has 2 heterocycles. The maximum atomic E-state index is 8.57. The van der Waals surface area contributed by atoms with Gasteiger partial charge in [-0.25, -0.2) is 4.89 Å². The third-order valence-corrected chi connectivity index (χ3v) is 9.55. The van der Waals surface area contributed by atoms with Gasteiger partial charge in [-0.2, -0.15) is 9.97 Å². The third kappa shape index (κ3) is 7.91. The number of piperazine rings is 1. The first kappa shape index (κ1) is 27.8. The fraction of sp³-hybridized carbons (Fsp3) is 0.857. The van der Waals surface area contributed by atoms with Crippen LogP contribution < -0.4 is 26.6 Å². The van der Waals surface area contributed by atoms with E-state index >= 15 is 0 Å². The van der Waals surface area contributed by atoms with Crippen LogP contribution in [0, 0.1) is 23.7 Å². The zero-order valence-electron chi connectivity index (χ0n) is 23.1. The quantitative estimate of drug-likeness (QED) is 0.139. The summed E-state index contributed by atoms with van der Waals surface area (Å²) in [5, 5.41) is 19.6. The second-order valence-electron chi connectivity index (χ2n) is 12.2. The van der Waals surface area contributed by atoms with Crippen molar-refractivity contribution in [3.05, 3.63) is 6.07 Å². The minimum Gasteiger partial charge on any atom is -0.383 e. The van der Waals surface area contributed by atoms with Crippen LogP contribution >= 0.6 is 0 Å². The van der Waals surface area contributed by atoms with Crippen LogP contribution in [0.3, 0.4) is 0 Å². The number of hydrogen-bond donors (Lipinski definition) is 5. The molecule has 0 radical (unpaired) electrons. The number of fused-ring (bicyclic) bond motifs is 2. The molecule has 4 aliphatic rings. The summed E-state index contributed by atoms with van der Waals surface area (Å²) in [5.74, 6) is 5.52. The van der Waals surface area contributed by atoms with Crippen LogP contribution in [0.25, 0.3) is 0 Å². The van der Waals surface area contributed by atoms with E-state index < -0.39 is 0 Å². The van der Waals surface area contributed by atoms with Crippen LogP contribution in [0.2, 0.25) is 0 Å². The van der Waals surface area contributed by atoms with Gasteiger partial charge in [-0.15, -0.1) is 0 Å². The monoisotopic (exact) mass is 530 g/mol. The van der Waals surface area contributed by atoms with Crippen molar-refractivity contribution in [3.8, 4) is 0 Å². The van der Waals surface area contributed by atoms with Crippen LogP contribution in [-0.2, 0) is 4.89 Å². The highest BCUT2D eigenvalue weighted by molar-refractivity contribution is 5.51. The SMILES string of the molecule is Nc1cc(N2CCN(CCOO)CC2)nc(NCC2CCC(CNCCCN[C@H]3C[C@@H]4CC[C@H]3C4)CC2)n1. The largest absolute Gasteiger partial charge is 0.383 e. The highest BCUT2D eigenvalue weighted by atomic mass is 17.1. The zero-order chi connectivity index (χ0) is 26.2. The van der Waals surface area contributed by atoms with Crippen molar-refractivity contribution in [3.63, 3.8) is 0 Å². The molecule has 3 atom stereocenters. The van der Waals surface area contributed by atoms with Gasteiger partial charge in [0.15, 0.2) is 0 Å². The van der Waals surface area contributed by atoms with Gasteiger partial charge in [-0.05, 0) is 94.7 Å². The summed E-state index contributed by atoms with van der Waals surface area (Å²) >= 11 is 0. The van der Waals surface area contributed by atoms with Crippen molar-refractivity contribution >= 4 is 17.6 Å². The van der Waals surface area contributed by atoms with Gasteiger partial charge in [-0.3, -0.25) is 10.2 Å². The van der Waals surface area contributed by atoms with E-state index in [1.807, 2.05) is 6.07 Å². The fourth-order valence-corrected chi connectivity index (χ4v) is 7.24. The lowest BCUT2D eigenvalue weighted by Crippen LogP contribution is -2.47. The van der Waals surface area contributed by atoms with Crippen molar-refractivity contribution in [2.45, 2.75) is 63.8 Å². The normalized spacial score (nSPS) is 29.7. The Labute approximate surface area is 228 Å². The Kier molecular flexibility index (Phi) is 10.3. The van der Waals surface area contributed by atoms with Crippen molar-refractivity contribution in [2.75, 3.05) is 81.5 Å². The van der Waals surface area contributed by atoms with E-state index in [1.54, 1.807) is 0 Å². The van der Waals surface area contributed by atoms with Gasteiger partial charge in [0.25, 0.3) is 0 Å². The topological polar surface area (TPSA) is 124 Å². The predicted molar refractivity (Wildman–Crippen MR) is 152 cm³/mol. The zero-order valence-corrected chi connectivity index (χ0v) is 23.1. The molecule has 1 aromatic rings. The van der Waals surface area contributed by atoms with E-state index in [0.29, 0.717) is 24.3 Å². The summed E-state index contributed by atoms with van der Waals surface area (Å²) in [6.45, 7) is 9.02. The molecule has 1 saturated heterocycles. The van der Waals surface area contributed by atoms with Gasteiger partial charge in [0.1, 0.15) is 11.6 Å². The van der Waals surface area contributed by atoms with Gasteiger partial charge in [0, 0.05) is 51.4 Å². The smallest absolute Gasteiger partial charge is 0.226 e. The van der Waals surface area contributed by atoms with E-state index in [1.165, 1.54) is 64.3 Å². The van der Waals surface area contributed by atoms with Crippen LogP contribution in [0.1, 0.15) is 57.8 Å². The third-order valence-electron chi connectivity index (χ3n) is 9.55. The van der Waals surface area contributed by atoms with Crippen molar-refractivity contribution in [2.24, 2.45) is 23.7 Å². The molecule has 6 N–H and O–H groups in total. The highest BCUT2D eigenvalue weighted by Gasteiger charge is 2.38. The van der Waals surface area contributed by atoms with Crippen molar-refractivity contribution in [1.29, 1.82) is 0 Å². The number of rotatable bonds is 14. The van der Waals surface area contributed by atoms with E-state index in [9.17, 15) is 0 Å². The maximum Gasteiger partial charge on any atom is 0.226 e. The standard InChI is InChI=1S/C28H50N8O2/c29-26-18-27(36-12-10-35(11-13-36)14-15-38-37)34-28(33-26)32-20-22-4-2-21(3-5-22)19-30-8-1-9-31-25-17-23-6-7-24(25)16-23/h18,21-25,30-31,37H,1-17,19-20H2,(H3,29,32,33,34)/t21?,22?,23-,24+,25+/m1/s1. The number of anilines is 3. The number of nitrogen functional groups attached to an aromatic ring is 1. The van der Waals surface area contributed by atoms with Gasteiger partial charge in [0.2, 0.25) is 5.95 Å². The Morgan fingerprint density at radius 3 is 2.45 bits per heavy atom. The summed E-state index contributed by atoms with van der Waals surface area (Å²) in [5.41, 5.74) is 6.13. The summed E-state index contributed by atoms with van der Waals surface area (Å²) in [7, 11) is 0. The molecule has 214 valence electrons. The highest BCUT2D eigenvalue weighted by Crippen LogP contribution is 2.44. The predicted octanol–water partition coefficient (Wildman–Crippen LogP) is 2.65. The Morgan fingerprint density at radius 1 is 0.947 bits per heavy atom. The van der Waals surface area contributed by atoms with Gasteiger partial charge >= 0.3 is 0 Å². The average Bonchev–Trinajstić information content (AvgIpc) is 3.57. The molecule has 5 rings (SSSR count). The molecule has 10 nitrogen and oxygen atoms in total. The number of nitrogens with zero attached hydrogens (tertiary/aromatic N) is 4. The van der Waals surface area contributed by atoms with E-state index in [4.69, 9.17) is 16.0 Å². The number of aromatic nitrogens is 2. The van der Waals surface area contributed by atoms with E-state index in [-0.39, 0.29) is 0 Å². The molecule has 0 amide bonds. The minimum atomic E-state index is 0.339. The molecule has 3 saturated carbocycles. The summed E-state index contributed by atoms with van der Waals surface area (Å²) in [4.78, 5) is 18.0. The van der Waals surface area contributed by atoms with Gasteiger partial charge < -0.3 is 26.6 Å². The lowest BCUT2D eigenvalue weighted by atomic mass is 9.82. The molecule has 1 aromatic heterocycles. The maximum absolute atomic E-state index is 8.57. The Bertz CT molecular complexity index is 844. The minimum absolute atomic E-state index is 0.339. The molecule has 4 fully saturated rings. The van der Waals surface area contributed by atoms with Gasteiger partial charge in [0.05, 0.1) is 6.61 Å². The molecule has 1 aliphatic heterocycles. The van der Waals surface area contributed by atoms with Crippen LogP contribution in [-0.4, -0.2) is 91.7 Å². The number of nitrogens with two attached hydrogens (primary N) is 1. The molecule has 10 heteroatoms. The molecular weight excluding hydrogens is 480 g/mol. The molecule has 0 spiro atoms. The van der Waals surface area contributed by atoms with Crippen LogP contribution in [0.4, 0.5) is 17.6 Å².